The monoisotopic (exact) mass is 339 g/mol. The Balaban J connectivity index is 1.87. The quantitative estimate of drug-likeness (QED) is 0.755. The standard InChI is InChI=1S/C16H19F6N/c17-15(18,19)14(16(20,21)22)12-6-8-13(9-7-12)23-10-11-4-2-1-3-5-11/h1-5,12-14,23H,6-10H2. The van der Waals surface area contributed by atoms with Crippen LogP contribution in [0.5, 0.6) is 0 Å². The van der Waals surface area contributed by atoms with Crippen LogP contribution in [0, 0.1) is 11.8 Å². The highest BCUT2D eigenvalue weighted by Crippen LogP contribution is 2.48. The number of benzene rings is 1. The summed E-state index contributed by atoms with van der Waals surface area (Å²) in [6.45, 7) is 0.568. The number of hydrogen-bond donors (Lipinski definition) is 1. The molecule has 1 N–H and O–H groups in total. The summed E-state index contributed by atoms with van der Waals surface area (Å²) in [4.78, 5) is 0. The van der Waals surface area contributed by atoms with E-state index < -0.39 is 24.2 Å². The Hall–Kier alpha value is -1.24. The second-order valence-corrected chi connectivity index (χ2v) is 6.04. The van der Waals surface area contributed by atoms with Gasteiger partial charge in [0.1, 0.15) is 0 Å². The third kappa shape index (κ3) is 5.12. The third-order valence-electron chi connectivity index (χ3n) is 4.39. The number of halogens is 6. The smallest absolute Gasteiger partial charge is 0.310 e. The van der Waals surface area contributed by atoms with Crippen molar-refractivity contribution in [1.82, 2.24) is 5.32 Å². The first-order chi connectivity index (χ1) is 10.7. The van der Waals surface area contributed by atoms with Crippen molar-refractivity contribution in [2.45, 2.75) is 50.6 Å². The van der Waals surface area contributed by atoms with Gasteiger partial charge in [0.2, 0.25) is 0 Å². The molecule has 130 valence electrons. The van der Waals surface area contributed by atoms with Crippen molar-refractivity contribution in [1.29, 1.82) is 0 Å². The first-order valence-electron chi connectivity index (χ1n) is 7.58. The van der Waals surface area contributed by atoms with Gasteiger partial charge in [-0.25, -0.2) is 0 Å². The minimum Gasteiger partial charge on any atom is -0.310 e. The van der Waals surface area contributed by atoms with E-state index in [2.05, 4.69) is 5.32 Å². The molecule has 0 radical (unpaired) electrons. The SMILES string of the molecule is FC(F)(F)C(C1CCC(NCc2ccccc2)CC1)C(F)(F)F. The van der Waals surface area contributed by atoms with Crippen molar-refractivity contribution in [2.24, 2.45) is 11.8 Å². The Morgan fingerprint density at radius 1 is 0.870 bits per heavy atom. The Bertz CT molecular complexity index is 460. The third-order valence-corrected chi connectivity index (χ3v) is 4.39. The zero-order valence-electron chi connectivity index (χ0n) is 12.4. The molecule has 0 spiro atoms. The summed E-state index contributed by atoms with van der Waals surface area (Å²) in [7, 11) is 0. The first kappa shape index (κ1) is 18.1. The summed E-state index contributed by atoms with van der Waals surface area (Å²) in [6.07, 6.45) is -9.91. The van der Waals surface area contributed by atoms with Crippen LogP contribution in [0.25, 0.3) is 0 Å². The van der Waals surface area contributed by atoms with E-state index in [9.17, 15) is 26.3 Å². The summed E-state index contributed by atoms with van der Waals surface area (Å²) in [5.74, 6) is -4.57. The maximum absolute atomic E-state index is 12.7. The Kier molecular flexibility index (Phi) is 5.60. The van der Waals surface area contributed by atoms with Gasteiger partial charge in [-0.3, -0.25) is 0 Å². The van der Waals surface area contributed by atoms with E-state index in [-0.39, 0.29) is 18.9 Å². The van der Waals surface area contributed by atoms with Crippen molar-refractivity contribution in [3.63, 3.8) is 0 Å². The molecule has 1 aliphatic carbocycles. The lowest BCUT2D eigenvalue weighted by atomic mass is 9.77. The fraction of sp³-hybridized carbons (Fsp3) is 0.625. The fourth-order valence-electron chi connectivity index (χ4n) is 3.23. The van der Waals surface area contributed by atoms with Crippen molar-refractivity contribution in [2.75, 3.05) is 0 Å². The highest BCUT2D eigenvalue weighted by molar-refractivity contribution is 5.14. The van der Waals surface area contributed by atoms with E-state index in [1.54, 1.807) is 0 Å². The molecule has 0 saturated heterocycles. The van der Waals surface area contributed by atoms with Gasteiger partial charge in [0.05, 0.1) is 0 Å². The van der Waals surface area contributed by atoms with E-state index in [0.717, 1.165) is 5.56 Å². The van der Waals surface area contributed by atoms with E-state index >= 15 is 0 Å². The topological polar surface area (TPSA) is 12.0 Å². The van der Waals surface area contributed by atoms with E-state index in [4.69, 9.17) is 0 Å². The molecule has 0 bridgehead atoms. The lowest BCUT2D eigenvalue weighted by Gasteiger charge is -2.36. The zero-order chi connectivity index (χ0) is 17.1. The number of alkyl halides is 6. The predicted molar refractivity (Wildman–Crippen MR) is 74.6 cm³/mol. The number of nitrogens with one attached hydrogen (secondary N) is 1. The van der Waals surface area contributed by atoms with Gasteiger partial charge in [0.25, 0.3) is 0 Å². The molecule has 2 rings (SSSR count). The van der Waals surface area contributed by atoms with Crippen molar-refractivity contribution in [3.05, 3.63) is 35.9 Å². The van der Waals surface area contributed by atoms with Gasteiger partial charge in [-0.15, -0.1) is 0 Å². The molecule has 7 heteroatoms. The molecule has 0 aliphatic heterocycles. The first-order valence-corrected chi connectivity index (χ1v) is 7.58. The van der Waals surface area contributed by atoms with Crippen LogP contribution in [0.1, 0.15) is 31.2 Å². The largest absolute Gasteiger partial charge is 0.400 e. The maximum atomic E-state index is 12.7. The summed E-state index contributed by atoms with van der Waals surface area (Å²) in [5.41, 5.74) is 1.04. The average molecular weight is 339 g/mol. The van der Waals surface area contributed by atoms with Crippen molar-refractivity contribution in [3.8, 4) is 0 Å². The number of rotatable bonds is 4. The van der Waals surface area contributed by atoms with Gasteiger partial charge in [-0.05, 0) is 37.2 Å². The second-order valence-electron chi connectivity index (χ2n) is 6.04. The van der Waals surface area contributed by atoms with Crippen molar-refractivity contribution < 1.29 is 26.3 Å². The molecule has 1 aromatic carbocycles. The van der Waals surface area contributed by atoms with E-state index in [0.29, 0.717) is 19.4 Å². The molecule has 0 unspecified atom stereocenters. The molecule has 1 fully saturated rings. The maximum Gasteiger partial charge on any atom is 0.400 e. The van der Waals surface area contributed by atoms with E-state index in [1.807, 2.05) is 30.3 Å². The van der Waals surface area contributed by atoms with Gasteiger partial charge < -0.3 is 5.32 Å². The Morgan fingerprint density at radius 2 is 1.39 bits per heavy atom. The predicted octanol–water partition coefficient (Wildman–Crippen LogP) is 5.08. The normalized spacial score (nSPS) is 23.3. The lowest BCUT2D eigenvalue weighted by molar-refractivity contribution is -0.301. The molecule has 1 aromatic rings. The summed E-state index contributed by atoms with van der Waals surface area (Å²) in [5, 5.41) is 3.21. The van der Waals surface area contributed by atoms with Crippen LogP contribution in [0.4, 0.5) is 26.3 Å². The number of hydrogen-bond acceptors (Lipinski definition) is 1. The molecule has 1 saturated carbocycles. The average Bonchev–Trinajstić information content (AvgIpc) is 2.45. The van der Waals surface area contributed by atoms with Gasteiger partial charge in [0.15, 0.2) is 5.92 Å². The molecule has 1 nitrogen and oxygen atoms in total. The van der Waals surface area contributed by atoms with Crippen molar-refractivity contribution >= 4 is 0 Å². The molecular formula is C16H19F6N. The van der Waals surface area contributed by atoms with Crippen LogP contribution < -0.4 is 5.32 Å². The second kappa shape index (κ2) is 7.11. The Labute approximate surface area is 131 Å². The highest BCUT2D eigenvalue weighted by Gasteiger charge is 2.59. The molecule has 23 heavy (non-hydrogen) atoms. The zero-order valence-corrected chi connectivity index (χ0v) is 12.4. The summed E-state index contributed by atoms with van der Waals surface area (Å²) in [6, 6.07) is 9.44. The van der Waals surface area contributed by atoms with Gasteiger partial charge in [-0.1, -0.05) is 30.3 Å². The molecular weight excluding hydrogens is 320 g/mol. The van der Waals surface area contributed by atoms with Crippen LogP contribution in [0.2, 0.25) is 0 Å². The van der Waals surface area contributed by atoms with Gasteiger partial charge in [-0.2, -0.15) is 26.3 Å². The van der Waals surface area contributed by atoms with E-state index in [1.165, 1.54) is 0 Å². The van der Waals surface area contributed by atoms with Gasteiger partial charge >= 0.3 is 12.4 Å². The van der Waals surface area contributed by atoms with Crippen LogP contribution in [0.3, 0.4) is 0 Å². The minimum absolute atomic E-state index is 0.0337. The lowest BCUT2D eigenvalue weighted by Crippen LogP contribution is -2.44. The fourth-order valence-corrected chi connectivity index (χ4v) is 3.23. The van der Waals surface area contributed by atoms with Crippen LogP contribution in [0.15, 0.2) is 30.3 Å². The summed E-state index contributed by atoms with van der Waals surface area (Å²) < 4.78 is 76.4. The minimum atomic E-state index is -5.23. The molecule has 0 amide bonds. The Morgan fingerprint density at radius 3 is 1.87 bits per heavy atom. The van der Waals surface area contributed by atoms with Crippen LogP contribution in [-0.2, 0) is 6.54 Å². The van der Waals surface area contributed by atoms with Crippen LogP contribution in [-0.4, -0.2) is 18.4 Å². The molecule has 1 aliphatic rings. The molecule has 0 atom stereocenters. The molecule has 0 heterocycles. The molecule has 0 aromatic heterocycles. The highest BCUT2D eigenvalue weighted by atomic mass is 19.4. The summed E-state index contributed by atoms with van der Waals surface area (Å²) >= 11 is 0. The van der Waals surface area contributed by atoms with Gasteiger partial charge in [0, 0.05) is 12.6 Å². The van der Waals surface area contributed by atoms with Crippen LogP contribution >= 0.6 is 0 Å².